The lowest BCUT2D eigenvalue weighted by Crippen LogP contribution is -2.02. The summed E-state index contributed by atoms with van der Waals surface area (Å²) in [5.74, 6) is -0.0793. The van der Waals surface area contributed by atoms with Crippen LogP contribution in [0.15, 0.2) is 66.5 Å². The number of nitrogens with zero attached hydrogens (tertiary/aromatic N) is 3. The smallest absolute Gasteiger partial charge is 0.197 e. The van der Waals surface area contributed by atoms with Crippen LogP contribution in [0, 0.1) is 14.7 Å². The van der Waals surface area contributed by atoms with Gasteiger partial charge in [-0.05, 0) is 38.1 Å². The van der Waals surface area contributed by atoms with Gasteiger partial charge in [0.05, 0.1) is 4.90 Å². The van der Waals surface area contributed by atoms with Crippen LogP contribution < -0.4 is 5.32 Å². The predicted octanol–water partition coefficient (Wildman–Crippen LogP) is 4.67. The maximum atomic E-state index is 10.6. The molecule has 21 heavy (non-hydrogen) atoms. The number of nitrogens with one attached hydrogen (secondary N) is 1. The van der Waals surface area contributed by atoms with Crippen molar-refractivity contribution in [2.45, 2.75) is 18.7 Å². The molecule has 2 N–H and O–H groups in total. The Hall–Kier alpha value is -2.55. The zero-order chi connectivity index (χ0) is 16.0. The Morgan fingerprint density at radius 1 is 1.10 bits per heavy atom. The highest BCUT2D eigenvalue weighted by Gasteiger charge is 2.31. The number of aliphatic hydroxyl groups excluding tert-OH is 1. The van der Waals surface area contributed by atoms with E-state index in [1.807, 2.05) is 0 Å². The summed E-state index contributed by atoms with van der Waals surface area (Å²) < 4.78 is 7.36. The second-order valence-corrected chi connectivity index (χ2v) is 6.10. The van der Waals surface area contributed by atoms with Gasteiger partial charge in [0.25, 0.3) is 0 Å². The Morgan fingerprint density at radius 2 is 1.57 bits per heavy atom. The third-order valence-corrected chi connectivity index (χ3v) is 4.27. The van der Waals surface area contributed by atoms with E-state index >= 15 is 0 Å². The van der Waals surface area contributed by atoms with E-state index in [9.17, 15) is 19.8 Å². The fraction of sp³-hybridized carbons (Fsp3) is 0.167. The molecule has 0 fully saturated rings. The van der Waals surface area contributed by atoms with Gasteiger partial charge in [0.15, 0.2) is 16.5 Å². The molecule has 1 aromatic rings. The van der Waals surface area contributed by atoms with E-state index in [2.05, 4.69) is 25.6 Å². The Morgan fingerprint density at radius 3 is 1.95 bits per heavy atom. The first-order valence-electron chi connectivity index (χ1n) is 5.70. The predicted molar refractivity (Wildman–Crippen MR) is 83.4 cm³/mol. The molecule has 0 spiro atoms. The Bertz CT molecular complexity index is 590. The number of hydrogen-bond donors (Lipinski definition) is 2. The minimum Gasteiger partial charge on any atom is -0.494 e. The number of aliphatic hydroxyl groups is 1. The summed E-state index contributed by atoms with van der Waals surface area (Å²) in [5, 5.41) is 12.5. The molecule has 0 atom stereocenters. The molecule has 0 heterocycles. The van der Waals surface area contributed by atoms with Crippen molar-refractivity contribution in [1.82, 2.24) is 0 Å². The van der Waals surface area contributed by atoms with Crippen LogP contribution in [0.4, 0.5) is 5.69 Å². The molecule has 0 aromatic heterocycles. The molecule has 1 rings (SSSR count). The van der Waals surface area contributed by atoms with Gasteiger partial charge in [-0.25, -0.2) is 0 Å². The maximum Gasteiger partial charge on any atom is 0.197 e. The second kappa shape index (κ2) is 6.75. The number of allylic oxidation sites excluding steroid dienone is 2. The molecule has 0 radical (unpaired) electrons. The number of hydrogen-bond acceptors (Lipinski definition) is 8. The van der Waals surface area contributed by atoms with Crippen LogP contribution >= 0.6 is 10.6 Å². The highest BCUT2D eigenvalue weighted by Crippen LogP contribution is 2.59. The van der Waals surface area contributed by atoms with Gasteiger partial charge >= 0.3 is 0 Å². The molecule has 0 bridgehead atoms. The summed E-state index contributed by atoms with van der Waals surface area (Å²) in [6, 6.07) is 5.57. The molecule has 0 aliphatic heterocycles. The monoisotopic (exact) mass is 310 g/mol. The van der Waals surface area contributed by atoms with Crippen LogP contribution in [-0.4, -0.2) is 5.11 Å². The van der Waals surface area contributed by atoms with Gasteiger partial charge in [0.1, 0.15) is 0 Å². The SMILES string of the molecule is C=C(C)/C(C)=C(/O)Nc1ccc(S(N=O)(N=O)N=O)cc1. The largest absolute Gasteiger partial charge is 0.494 e. The van der Waals surface area contributed by atoms with Crippen LogP contribution in [0.5, 0.6) is 0 Å². The van der Waals surface area contributed by atoms with Gasteiger partial charge < -0.3 is 10.4 Å². The third-order valence-electron chi connectivity index (χ3n) is 2.74. The van der Waals surface area contributed by atoms with Crippen molar-refractivity contribution in [2.24, 2.45) is 13.7 Å². The van der Waals surface area contributed by atoms with Crippen LogP contribution in [0.2, 0.25) is 0 Å². The highest BCUT2D eigenvalue weighted by molar-refractivity contribution is 8.30. The fourth-order valence-electron chi connectivity index (χ4n) is 1.32. The zero-order valence-corrected chi connectivity index (χ0v) is 12.3. The summed E-state index contributed by atoms with van der Waals surface area (Å²) in [7, 11) is -3.47. The minimum absolute atomic E-state index is 0.0214. The van der Waals surface area contributed by atoms with Gasteiger partial charge in [-0.15, -0.1) is 14.7 Å². The zero-order valence-electron chi connectivity index (χ0n) is 11.4. The number of anilines is 1. The van der Waals surface area contributed by atoms with Crippen molar-refractivity contribution in [3.63, 3.8) is 0 Å². The summed E-state index contributed by atoms with van der Waals surface area (Å²) in [4.78, 5) is 32.0. The van der Waals surface area contributed by atoms with Crippen molar-refractivity contribution in [2.75, 3.05) is 5.32 Å². The summed E-state index contributed by atoms with van der Waals surface area (Å²) in [5.41, 5.74) is 1.76. The Labute approximate surface area is 122 Å². The van der Waals surface area contributed by atoms with E-state index in [0.717, 1.165) is 0 Å². The molecule has 9 heteroatoms. The first-order chi connectivity index (χ1) is 9.90. The normalized spacial score (nSPS) is 12.9. The van der Waals surface area contributed by atoms with E-state index in [-0.39, 0.29) is 10.8 Å². The van der Waals surface area contributed by atoms with Gasteiger partial charge in [-0.2, -0.15) is 0 Å². The van der Waals surface area contributed by atoms with Crippen LogP contribution in [-0.2, 0) is 0 Å². The van der Waals surface area contributed by atoms with E-state index in [4.69, 9.17) is 0 Å². The van der Waals surface area contributed by atoms with Gasteiger partial charge in [0.2, 0.25) is 0 Å². The van der Waals surface area contributed by atoms with Gasteiger partial charge in [0, 0.05) is 25.0 Å². The van der Waals surface area contributed by atoms with Crippen molar-refractivity contribution in [3.8, 4) is 0 Å². The van der Waals surface area contributed by atoms with Crippen molar-refractivity contribution in [3.05, 3.63) is 62.6 Å². The number of rotatable bonds is 7. The minimum atomic E-state index is -3.47. The van der Waals surface area contributed by atoms with E-state index in [1.54, 1.807) is 13.8 Å². The van der Waals surface area contributed by atoms with Gasteiger partial charge in [-0.1, -0.05) is 12.2 Å². The molecule has 0 saturated carbocycles. The first kappa shape index (κ1) is 16.5. The topological polar surface area (TPSA) is 121 Å². The second-order valence-electron chi connectivity index (χ2n) is 4.15. The van der Waals surface area contributed by atoms with Crippen molar-refractivity contribution >= 4 is 16.3 Å². The summed E-state index contributed by atoms with van der Waals surface area (Å²) in [6.45, 7) is 7.14. The molecule has 0 aliphatic rings. The third kappa shape index (κ3) is 3.51. The molecule has 0 saturated heterocycles. The van der Waals surface area contributed by atoms with Crippen LogP contribution in [0.1, 0.15) is 13.8 Å². The average molecular weight is 310 g/mol. The highest BCUT2D eigenvalue weighted by atomic mass is 32.3. The standard InChI is InChI=1S/C12H14N4O4S/c1-8(2)9(3)12(17)13-10-4-6-11(7-5-10)21(14-18,15-19)16-20/h4-7,13,17H,1H2,2-3H3/b12-9+. The van der Waals surface area contributed by atoms with Gasteiger partial charge in [-0.3, -0.25) is 0 Å². The molecular weight excluding hydrogens is 296 g/mol. The van der Waals surface area contributed by atoms with Crippen molar-refractivity contribution in [1.29, 1.82) is 0 Å². The van der Waals surface area contributed by atoms with E-state index in [1.165, 1.54) is 24.3 Å². The lowest BCUT2D eigenvalue weighted by atomic mass is 10.1. The first-order valence-corrected chi connectivity index (χ1v) is 7.20. The lowest BCUT2D eigenvalue weighted by molar-refractivity contribution is 0.413. The molecule has 112 valence electrons. The molecule has 0 aliphatic carbocycles. The summed E-state index contributed by atoms with van der Waals surface area (Å²) in [6.07, 6.45) is 0. The molecule has 8 nitrogen and oxygen atoms in total. The molecule has 1 aromatic carbocycles. The van der Waals surface area contributed by atoms with E-state index in [0.29, 0.717) is 16.8 Å². The molecule has 0 amide bonds. The fourth-order valence-corrected chi connectivity index (χ4v) is 2.16. The van der Waals surface area contributed by atoms with Crippen LogP contribution in [0.3, 0.4) is 0 Å². The van der Waals surface area contributed by atoms with Crippen LogP contribution in [0.25, 0.3) is 0 Å². The molecule has 0 unspecified atom stereocenters. The number of nitroso groups, excluding NO2 is 3. The quantitative estimate of drug-likeness (QED) is 0.430. The van der Waals surface area contributed by atoms with Crippen molar-refractivity contribution < 1.29 is 5.11 Å². The average Bonchev–Trinajstić information content (AvgIpc) is 2.50. The lowest BCUT2D eigenvalue weighted by Gasteiger charge is -2.14. The number of benzene rings is 1. The summed E-state index contributed by atoms with van der Waals surface area (Å²) >= 11 is 0. The van der Waals surface area contributed by atoms with E-state index < -0.39 is 10.6 Å². The Balaban J connectivity index is 3.06. The maximum absolute atomic E-state index is 10.6. The molecular formula is C12H14N4O4S. The Kier molecular flexibility index (Phi) is 5.30.